The second kappa shape index (κ2) is 4.98. The van der Waals surface area contributed by atoms with E-state index in [0.29, 0.717) is 35.7 Å². The molecule has 0 radical (unpaired) electrons. The molecule has 2 aliphatic rings. The first-order valence-corrected chi connectivity index (χ1v) is 7.52. The van der Waals surface area contributed by atoms with Crippen LogP contribution in [0.15, 0.2) is 4.52 Å². The summed E-state index contributed by atoms with van der Waals surface area (Å²) >= 11 is 0. The van der Waals surface area contributed by atoms with Crippen molar-refractivity contribution in [2.24, 2.45) is 0 Å². The van der Waals surface area contributed by atoms with Crippen molar-refractivity contribution in [1.82, 2.24) is 25.4 Å². The van der Waals surface area contributed by atoms with Crippen LogP contribution in [0.25, 0.3) is 11.6 Å². The van der Waals surface area contributed by atoms with Crippen molar-refractivity contribution in [2.45, 2.75) is 44.4 Å². The van der Waals surface area contributed by atoms with Crippen LogP contribution in [0.4, 0.5) is 0 Å². The van der Waals surface area contributed by atoms with Gasteiger partial charge in [0.05, 0.1) is 0 Å². The van der Waals surface area contributed by atoms with Gasteiger partial charge in [-0.2, -0.15) is 4.98 Å². The van der Waals surface area contributed by atoms with Crippen molar-refractivity contribution < 1.29 is 9.32 Å². The quantitative estimate of drug-likeness (QED) is 0.877. The standard InChI is InChI=1S/C14H17N5O2/c20-13-10-9(6-3-7-15-13)16-11(17-10)12-18-14(21-19-12)8-4-1-2-5-8/h8H,1-7H2,(H,15,20)(H,16,17). The highest BCUT2D eigenvalue weighted by atomic mass is 16.5. The summed E-state index contributed by atoms with van der Waals surface area (Å²) in [5, 5.41) is 6.84. The summed E-state index contributed by atoms with van der Waals surface area (Å²) < 4.78 is 5.36. The van der Waals surface area contributed by atoms with E-state index in [1.54, 1.807) is 0 Å². The second-order valence-corrected chi connectivity index (χ2v) is 5.71. The van der Waals surface area contributed by atoms with Gasteiger partial charge in [-0.15, -0.1) is 0 Å². The molecular weight excluding hydrogens is 270 g/mol. The van der Waals surface area contributed by atoms with Gasteiger partial charge in [-0.1, -0.05) is 18.0 Å². The Morgan fingerprint density at radius 3 is 2.86 bits per heavy atom. The van der Waals surface area contributed by atoms with E-state index < -0.39 is 0 Å². The molecule has 1 aliphatic carbocycles. The number of H-pyrrole nitrogens is 1. The third-order valence-corrected chi connectivity index (χ3v) is 4.24. The highest BCUT2D eigenvalue weighted by molar-refractivity contribution is 5.94. The van der Waals surface area contributed by atoms with Gasteiger partial charge >= 0.3 is 0 Å². The molecule has 0 bridgehead atoms. The van der Waals surface area contributed by atoms with Gasteiger partial charge in [-0.25, -0.2) is 4.98 Å². The monoisotopic (exact) mass is 287 g/mol. The maximum Gasteiger partial charge on any atom is 0.271 e. The summed E-state index contributed by atoms with van der Waals surface area (Å²) in [7, 11) is 0. The molecule has 21 heavy (non-hydrogen) atoms. The van der Waals surface area contributed by atoms with E-state index in [9.17, 15) is 4.79 Å². The molecule has 0 atom stereocenters. The van der Waals surface area contributed by atoms with E-state index in [4.69, 9.17) is 4.52 Å². The molecule has 2 aromatic rings. The number of carbonyl (C=O) groups is 1. The van der Waals surface area contributed by atoms with Gasteiger partial charge in [0.15, 0.2) is 5.82 Å². The van der Waals surface area contributed by atoms with Gasteiger partial charge in [-0.3, -0.25) is 4.79 Å². The number of nitrogens with one attached hydrogen (secondary N) is 2. The third-order valence-electron chi connectivity index (χ3n) is 4.24. The second-order valence-electron chi connectivity index (χ2n) is 5.71. The van der Waals surface area contributed by atoms with Crippen LogP contribution in [0.5, 0.6) is 0 Å². The van der Waals surface area contributed by atoms with Gasteiger partial charge in [0.2, 0.25) is 11.7 Å². The van der Waals surface area contributed by atoms with Crippen molar-refractivity contribution >= 4 is 5.91 Å². The normalized spacial score (nSPS) is 19.3. The number of hydrogen-bond donors (Lipinski definition) is 2. The van der Waals surface area contributed by atoms with Crippen LogP contribution in [0.3, 0.4) is 0 Å². The SMILES string of the molecule is O=C1NCCCc2[nH]c(-c3noc(C4CCCC4)n3)nc21. The van der Waals surface area contributed by atoms with Gasteiger partial charge in [-0.05, 0) is 25.7 Å². The van der Waals surface area contributed by atoms with Crippen LogP contribution in [0.1, 0.15) is 60.1 Å². The number of fused-ring (bicyclic) bond motifs is 1. The van der Waals surface area contributed by atoms with Gasteiger partial charge in [0.1, 0.15) is 5.69 Å². The van der Waals surface area contributed by atoms with E-state index in [1.165, 1.54) is 12.8 Å². The maximum absolute atomic E-state index is 11.9. The minimum absolute atomic E-state index is 0.135. The Hall–Kier alpha value is -2.18. The highest BCUT2D eigenvalue weighted by Crippen LogP contribution is 2.33. The molecule has 7 heteroatoms. The molecule has 1 aliphatic heterocycles. The highest BCUT2D eigenvalue weighted by Gasteiger charge is 2.26. The number of hydrogen-bond acceptors (Lipinski definition) is 5. The Balaban J connectivity index is 1.64. The topological polar surface area (TPSA) is 96.7 Å². The fraction of sp³-hybridized carbons (Fsp3) is 0.571. The fourth-order valence-electron chi connectivity index (χ4n) is 3.10. The molecule has 0 spiro atoms. The lowest BCUT2D eigenvalue weighted by Gasteiger charge is -1.99. The molecule has 2 N–H and O–H groups in total. The molecule has 4 rings (SSSR count). The largest absolute Gasteiger partial charge is 0.351 e. The smallest absolute Gasteiger partial charge is 0.271 e. The fourth-order valence-corrected chi connectivity index (χ4v) is 3.10. The van der Waals surface area contributed by atoms with Crippen LogP contribution >= 0.6 is 0 Å². The first-order valence-electron chi connectivity index (χ1n) is 7.52. The van der Waals surface area contributed by atoms with E-state index in [2.05, 4.69) is 25.4 Å². The summed E-state index contributed by atoms with van der Waals surface area (Å²) in [4.78, 5) is 23.9. The lowest BCUT2D eigenvalue weighted by molar-refractivity contribution is 0.0951. The van der Waals surface area contributed by atoms with Gasteiger partial charge in [0, 0.05) is 18.2 Å². The summed E-state index contributed by atoms with van der Waals surface area (Å²) in [6.45, 7) is 0.687. The summed E-state index contributed by atoms with van der Waals surface area (Å²) in [5.74, 6) is 1.90. The molecule has 0 saturated heterocycles. The van der Waals surface area contributed by atoms with E-state index in [1.807, 2.05) is 0 Å². The van der Waals surface area contributed by atoms with E-state index >= 15 is 0 Å². The van der Waals surface area contributed by atoms with Gasteiger partial charge < -0.3 is 14.8 Å². The Morgan fingerprint density at radius 2 is 2.00 bits per heavy atom. The molecule has 2 aromatic heterocycles. The summed E-state index contributed by atoms with van der Waals surface area (Å²) in [6, 6.07) is 0. The Morgan fingerprint density at radius 1 is 1.14 bits per heavy atom. The maximum atomic E-state index is 11.9. The zero-order chi connectivity index (χ0) is 14.2. The van der Waals surface area contributed by atoms with E-state index in [0.717, 1.165) is 31.4 Å². The lowest BCUT2D eigenvalue weighted by atomic mass is 10.1. The van der Waals surface area contributed by atoms with Crippen molar-refractivity contribution in [1.29, 1.82) is 0 Å². The number of aromatic amines is 1. The number of amides is 1. The molecule has 1 saturated carbocycles. The van der Waals surface area contributed by atoms with Crippen LogP contribution in [0.2, 0.25) is 0 Å². The van der Waals surface area contributed by atoms with Crippen LogP contribution in [-0.2, 0) is 6.42 Å². The molecule has 7 nitrogen and oxygen atoms in total. The number of aromatic nitrogens is 4. The number of carbonyl (C=O) groups excluding carboxylic acids is 1. The van der Waals surface area contributed by atoms with Gasteiger partial charge in [0.25, 0.3) is 5.91 Å². The average molecular weight is 287 g/mol. The van der Waals surface area contributed by atoms with E-state index in [-0.39, 0.29) is 5.91 Å². The summed E-state index contributed by atoms with van der Waals surface area (Å²) in [6.07, 6.45) is 6.36. The Labute approximate surface area is 121 Å². The number of nitrogens with zero attached hydrogens (tertiary/aromatic N) is 3. The minimum Gasteiger partial charge on any atom is -0.351 e. The predicted molar refractivity (Wildman–Crippen MR) is 73.7 cm³/mol. The van der Waals surface area contributed by atoms with Crippen LogP contribution in [0, 0.1) is 0 Å². The van der Waals surface area contributed by atoms with Crippen LogP contribution < -0.4 is 5.32 Å². The zero-order valence-corrected chi connectivity index (χ0v) is 11.7. The van der Waals surface area contributed by atoms with Crippen molar-refractivity contribution in [3.8, 4) is 11.6 Å². The van der Waals surface area contributed by atoms with Crippen molar-refractivity contribution in [2.75, 3.05) is 6.54 Å². The first kappa shape index (κ1) is 12.6. The number of aryl methyl sites for hydroxylation is 1. The molecule has 1 amide bonds. The first-order chi connectivity index (χ1) is 10.3. The molecule has 0 aromatic carbocycles. The molecule has 3 heterocycles. The summed E-state index contributed by atoms with van der Waals surface area (Å²) in [5.41, 5.74) is 1.31. The van der Waals surface area contributed by atoms with Crippen LogP contribution in [-0.4, -0.2) is 32.6 Å². The third kappa shape index (κ3) is 2.22. The number of rotatable bonds is 2. The Kier molecular flexibility index (Phi) is 2.98. The zero-order valence-electron chi connectivity index (χ0n) is 11.7. The average Bonchev–Trinajstić information content (AvgIpc) is 3.20. The van der Waals surface area contributed by atoms with Crippen molar-refractivity contribution in [3.05, 3.63) is 17.3 Å². The number of imidazole rings is 1. The molecule has 0 unspecified atom stereocenters. The lowest BCUT2D eigenvalue weighted by Crippen LogP contribution is -2.23. The molecule has 110 valence electrons. The molecule has 1 fully saturated rings. The minimum atomic E-state index is -0.135. The van der Waals surface area contributed by atoms with Crippen molar-refractivity contribution in [3.63, 3.8) is 0 Å². The molecular formula is C14H17N5O2. The predicted octanol–water partition coefficient (Wildman–Crippen LogP) is 1.79. The Bertz CT molecular complexity index is 669.